The van der Waals surface area contributed by atoms with Crippen LogP contribution in [0.25, 0.3) is 0 Å². The molecule has 0 saturated carbocycles. The molecule has 0 spiro atoms. The molecule has 0 bridgehead atoms. The van der Waals surface area contributed by atoms with Crippen LogP contribution >= 0.6 is 11.3 Å². The van der Waals surface area contributed by atoms with Gasteiger partial charge in [0.25, 0.3) is 5.91 Å². The number of rotatable bonds is 5. The van der Waals surface area contributed by atoms with E-state index in [1.807, 2.05) is 39.1 Å². The van der Waals surface area contributed by atoms with Crippen molar-refractivity contribution < 1.29 is 4.79 Å². The first-order valence-electron chi connectivity index (χ1n) is 6.54. The number of hydrogen-bond acceptors (Lipinski definition) is 5. The molecule has 0 saturated heterocycles. The lowest BCUT2D eigenvalue weighted by molar-refractivity contribution is 0.0935. The van der Waals surface area contributed by atoms with Crippen molar-refractivity contribution in [3.05, 3.63) is 40.0 Å². The van der Waals surface area contributed by atoms with Crippen molar-refractivity contribution in [3.63, 3.8) is 0 Å². The van der Waals surface area contributed by atoms with Gasteiger partial charge in [0.15, 0.2) is 0 Å². The minimum atomic E-state index is -0.190. The Morgan fingerprint density at radius 1 is 1.45 bits per heavy atom. The minimum Gasteiger partial charge on any atom is -0.370 e. The Bertz CT molecular complexity index is 596. The van der Waals surface area contributed by atoms with Crippen molar-refractivity contribution in [2.24, 2.45) is 0 Å². The predicted octanol–water partition coefficient (Wildman–Crippen LogP) is 2.77. The minimum absolute atomic E-state index is 0.120. The Kier molecular flexibility index (Phi) is 4.68. The number of hydrogen-bond donors (Lipinski definition) is 2. The normalized spacial score (nSPS) is 11.9. The lowest BCUT2D eigenvalue weighted by Crippen LogP contribution is -2.27. The molecular formula is C14H18N4OS. The summed E-state index contributed by atoms with van der Waals surface area (Å²) in [5.74, 6) is 0.517. The first-order valence-corrected chi connectivity index (χ1v) is 7.36. The van der Waals surface area contributed by atoms with E-state index >= 15 is 0 Å². The van der Waals surface area contributed by atoms with E-state index in [0.29, 0.717) is 11.5 Å². The number of aromatic nitrogens is 2. The molecule has 20 heavy (non-hydrogen) atoms. The van der Waals surface area contributed by atoms with Gasteiger partial charge in [-0.1, -0.05) is 6.07 Å². The summed E-state index contributed by atoms with van der Waals surface area (Å²) in [5, 5.41) is 6.91. The summed E-state index contributed by atoms with van der Waals surface area (Å²) in [6.45, 7) is 6.68. The van der Waals surface area contributed by atoms with Crippen LogP contribution in [0.15, 0.2) is 24.4 Å². The van der Waals surface area contributed by atoms with Gasteiger partial charge in [0.2, 0.25) is 0 Å². The molecular weight excluding hydrogens is 272 g/mol. The summed E-state index contributed by atoms with van der Waals surface area (Å²) in [7, 11) is 0. The Morgan fingerprint density at radius 3 is 2.90 bits per heavy atom. The third-order valence-electron chi connectivity index (χ3n) is 2.70. The molecule has 0 radical (unpaired) electrons. The zero-order valence-electron chi connectivity index (χ0n) is 11.8. The number of nitrogens with one attached hydrogen (secondary N) is 2. The van der Waals surface area contributed by atoms with Crippen LogP contribution in [0.4, 0.5) is 5.82 Å². The van der Waals surface area contributed by atoms with Crippen LogP contribution < -0.4 is 10.6 Å². The van der Waals surface area contributed by atoms with Gasteiger partial charge in [0.1, 0.15) is 16.5 Å². The molecule has 0 aliphatic heterocycles. The molecule has 1 atom stereocenters. The maximum atomic E-state index is 12.2. The number of pyridine rings is 1. The quantitative estimate of drug-likeness (QED) is 0.888. The highest BCUT2D eigenvalue weighted by Crippen LogP contribution is 2.19. The fraction of sp³-hybridized carbons (Fsp3) is 0.357. The molecule has 2 aromatic heterocycles. The van der Waals surface area contributed by atoms with Crippen LogP contribution in [-0.4, -0.2) is 22.4 Å². The monoisotopic (exact) mass is 290 g/mol. The average molecular weight is 290 g/mol. The zero-order chi connectivity index (χ0) is 14.5. The van der Waals surface area contributed by atoms with Gasteiger partial charge in [-0.15, -0.1) is 11.3 Å². The number of nitrogens with zero attached hydrogens (tertiary/aromatic N) is 2. The molecule has 2 N–H and O–H groups in total. The molecule has 5 nitrogen and oxygen atoms in total. The van der Waals surface area contributed by atoms with E-state index in [0.717, 1.165) is 16.4 Å². The van der Waals surface area contributed by atoms with E-state index in [1.54, 1.807) is 17.4 Å². The van der Waals surface area contributed by atoms with Gasteiger partial charge < -0.3 is 10.6 Å². The van der Waals surface area contributed by atoms with Crippen LogP contribution in [0, 0.1) is 6.92 Å². The van der Waals surface area contributed by atoms with Crippen LogP contribution in [-0.2, 0) is 0 Å². The van der Waals surface area contributed by atoms with Crippen molar-refractivity contribution in [1.29, 1.82) is 0 Å². The van der Waals surface area contributed by atoms with Crippen molar-refractivity contribution in [1.82, 2.24) is 15.3 Å². The van der Waals surface area contributed by atoms with Crippen molar-refractivity contribution in [2.45, 2.75) is 26.8 Å². The highest BCUT2D eigenvalue weighted by molar-refractivity contribution is 7.11. The first-order chi connectivity index (χ1) is 9.60. The molecule has 0 aliphatic carbocycles. The molecule has 2 aromatic rings. The van der Waals surface area contributed by atoms with E-state index in [-0.39, 0.29) is 11.9 Å². The fourth-order valence-corrected chi connectivity index (χ4v) is 2.52. The van der Waals surface area contributed by atoms with Gasteiger partial charge in [-0.2, -0.15) is 0 Å². The van der Waals surface area contributed by atoms with Gasteiger partial charge in [0.05, 0.1) is 6.04 Å². The van der Waals surface area contributed by atoms with Crippen molar-refractivity contribution in [2.75, 3.05) is 11.9 Å². The lowest BCUT2D eigenvalue weighted by atomic mass is 10.3. The van der Waals surface area contributed by atoms with E-state index in [9.17, 15) is 4.79 Å². The molecule has 1 amide bonds. The third kappa shape index (κ3) is 3.54. The van der Waals surface area contributed by atoms with Crippen LogP contribution in [0.1, 0.15) is 40.3 Å². The summed E-state index contributed by atoms with van der Waals surface area (Å²) < 4.78 is 0. The summed E-state index contributed by atoms with van der Waals surface area (Å²) in [5.41, 5.74) is 0.406. The van der Waals surface area contributed by atoms with Crippen LogP contribution in [0.5, 0.6) is 0 Å². The molecule has 0 fully saturated rings. The third-order valence-corrected chi connectivity index (χ3v) is 3.79. The second kappa shape index (κ2) is 6.47. The molecule has 106 valence electrons. The Balaban J connectivity index is 2.06. The number of carbonyl (C=O) groups excluding carboxylic acids is 1. The largest absolute Gasteiger partial charge is 0.370 e. The van der Waals surface area contributed by atoms with E-state index < -0.39 is 0 Å². The molecule has 6 heteroatoms. The van der Waals surface area contributed by atoms with Gasteiger partial charge in [0, 0.05) is 17.6 Å². The van der Waals surface area contributed by atoms with Crippen molar-refractivity contribution >= 4 is 23.1 Å². The summed E-state index contributed by atoms with van der Waals surface area (Å²) in [6, 6.07) is 5.24. The second-order valence-corrected chi connectivity index (χ2v) is 5.71. The summed E-state index contributed by atoms with van der Waals surface area (Å²) >= 11 is 1.59. The molecule has 1 unspecified atom stereocenters. The predicted molar refractivity (Wildman–Crippen MR) is 81.1 cm³/mol. The Hall–Kier alpha value is -1.95. The van der Waals surface area contributed by atoms with Gasteiger partial charge in [-0.3, -0.25) is 4.79 Å². The highest BCUT2D eigenvalue weighted by atomic mass is 32.1. The lowest BCUT2D eigenvalue weighted by Gasteiger charge is -2.11. The standard InChI is InChI=1S/C14H18N4OS/c1-4-15-12-7-5-6-11(18-12)13(19)17-10(3)14-16-8-9(2)20-14/h5-8,10H,4H2,1-3H3,(H,15,18)(H,17,19). The highest BCUT2D eigenvalue weighted by Gasteiger charge is 2.15. The SMILES string of the molecule is CCNc1cccc(C(=O)NC(C)c2ncc(C)s2)n1. The zero-order valence-corrected chi connectivity index (χ0v) is 12.6. The number of thiazole rings is 1. The van der Waals surface area contributed by atoms with Gasteiger partial charge in [-0.05, 0) is 32.9 Å². The van der Waals surface area contributed by atoms with Crippen LogP contribution in [0.3, 0.4) is 0 Å². The maximum Gasteiger partial charge on any atom is 0.270 e. The van der Waals surface area contributed by atoms with E-state index in [4.69, 9.17) is 0 Å². The average Bonchev–Trinajstić information content (AvgIpc) is 2.86. The Labute approximate surface area is 122 Å². The van der Waals surface area contributed by atoms with Gasteiger partial charge in [-0.25, -0.2) is 9.97 Å². The molecule has 0 aromatic carbocycles. The van der Waals surface area contributed by atoms with E-state index in [1.165, 1.54) is 0 Å². The number of aryl methyl sites for hydroxylation is 1. The van der Waals surface area contributed by atoms with Crippen LogP contribution in [0.2, 0.25) is 0 Å². The second-order valence-electron chi connectivity index (χ2n) is 4.44. The molecule has 0 aliphatic rings. The number of carbonyl (C=O) groups is 1. The molecule has 2 rings (SSSR count). The van der Waals surface area contributed by atoms with Crippen molar-refractivity contribution in [3.8, 4) is 0 Å². The smallest absolute Gasteiger partial charge is 0.270 e. The number of anilines is 1. The summed E-state index contributed by atoms with van der Waals surface area (Å²) in [4.78, 5) is 21.9. The number of amides is 1. The maximum absolute atomic E-state index is 12.2. The van der Waals surface area contributed by atoms with Gasteiger partial charge >= 0.3 is 0 Å². The van der Waals surface area contributed by atoms with E-state index in [2.05, 4.69) is 20.6 Å². The fourth-order valence-electron chi connectivity index (χ4n) is 1.75. The molecule has 2 heterocycles. The summed E-state index contributed by atoms with van der Waals surface area (Å²) in [6.07, 6.45) is 1.81. The first kappa shape index (κ1) is 14.5. The topological polar surface area (TPSA) is 66.9 Å². The Morgan fingerprint density at radius 2 is 2.25 bits per heavy atom.